The normalized spacial score (nSPS) is 26.0. The van der Waals surface area contributed by atoms with Gasteiger partial charge in [0.05, 0.1) is 20.3 Å². The molecule has 2 fully saturated rings. The van der Waals surface area contributed by atoms with Crippen molar-refractivity contribution in [2.45, 2.75) is 25.3 Å². The Bertz CT molecular complexity index is 446. The van der Waals surface area contributed by atoms with Crippen LogP contribution in [-0.2, 0) is 0 Å². The molecule has 2 aliphatic heterocycles. The van der Waals surface area contributed by atoms with Gasteiger partial charge in [0, 0.05) is 19.1 Å². The number of nitrogens with zero attached hydrogens (tertiary/aromatic N) is 3. The van der Waals surface area contributed by atoms with Crippen LogP contribution >= 0.6 is 0 Å². The summed E-state index contributed by atoms with van der Waals surface area (Å²) >= 11 is 0. The minimum atomic E-state index is 0.552. The maximum Gasteiger partial charge on any atom is 0.231 e. The van der Waals surface area contributed by atoms with Gasteiger partial charge < -0.3 is 19.7 Å². The smallest absolute Gasteiger partial charge is 0.231 e. The summed E-state index contributed by atoms with van der Waals surface area (Å²) in [6, 6.07) is 2.37. The monoisotopic (exact) mass is 278 g/mol. The molecule has 0 saturated carbocycles. The molecule has 1 N–H and O–H groups in total. The van der Waals surface area contributed by atoms with Crippen LogP contribution in [0.2, 0.25) is 0 Å². The third kappa shape index (κ3) is 2.65. The Morgan fingerprint density at radius 2 is 1.95 bits per heavy atom. The fourth-order valence-electron chi connectivity index (χ4n) is 3.17. The first kappa shape index (κ1) is 13.4. The highest BCUT2D eigenvalue weighted by Gasteiger charge is 2.32. The Morgan fingerprint density at radius 3 is 2.65 bits per heavy atom. The lowest BCUT2D eigenvalue weighted by molar-refractivity contribution is 0.242. The van der Waals surface area contributed by atoms with Crippen LogP contribution in [-0.4, -0.2) is 49.9 Å². The van der Waals surface area contributed by atoms with Crippen LogP contribution in [0.3, 0.4) is 0 Å². The third-order valence-electron chi connectivity index (χ3n) is 4.26. The van der Waals surface area contributed by atoms with Crippen molar-refractivity contribution in [3.63, 3.8) is 0 Å². The highest BCUT2D eigenvalue weighted by Crippen LogP contribution is 2.28. The van der Waals surface area contributed by atoms with Crippen LogP contribution < -0.4 is 19.7 Å². The van der Waals surface area contributed by atoms with Crippen LogP contribution in [0, 0.1) is 5.92 Å². The number of hydrogen-bond acceptors (Lipinski definition) is 6. The summed E-state index contributed by atoms with van der Waals surface area (Å²) < 4.78 is 10.4. The molecule has 6 nitrogen and oxygen atoms in total. The summed E-state index contributed by atoms with van der Waals surface area (Å²) in [4.78, 5) is 11.2. The lowest BCUT2D eigenvalue weighted by Gasteiger charge is -2.41. The number of fused-ring (bicyclic) bond motifs is 1. The largest absolute Gasteiger partial charge is 0.481 e. The molecule has 20 heavy (non-hydrogen) atoms. The molecule has 1 aromatic heterocycles. The van der Waals surface area contributed by atoms with Crippen LogP contribution in [0.15, 0.2) is 6.07 Å². The van der Waals surface area contributed by atoms with E-state index in [2.05, 4.69) is 20.2 Å². The topological polar surface area (TPSA) is 59.5 Å². The second-order valence-corrected chi connectivity index (χ2v) is 5.45. The second kappa shape index (κ2) is 5.83. The van der Waals surface area contributed by atoms with E-state index in [1.165, 1.54) is 12.8 Å². The Labute approximate surface area is 119 Å². The number of piperidine rings is 2. The molecule has 3 rings (SSSR count). The zero-order valence-corrected chi connectivity index (χ0v) is 12.1. The minimum absolute atomic E-state index is 0.552. The molecule has 2 atom stereocenters. The summed E-state index contributed by atoms with van der Waals surface area (Å²) in [7, 11) is 3.23. The maximum absolute atomic E-state index is 5.22. The van der Waals surface area contributed by atoms with E-state index < -0.39 is 0 Å². The number of hydrogen-bond donors (Lipinski definition) is 1. The first-order valence-electron chi connectivity index (χ1n) is 7.25. The van der Waals surface area contributed by atoms with E-state index in [0.717, 1.165) is 26.1 Å². The minimum Gasteiger partial charge on any atom is -0.481 e. The summed E-state index contributed by atoms with van der Waals surface area (Å²) in [5, 5.41) is 3.62. The van der Waals surface area contributed by atoms with Gasteiger partial charge in [0.25, 0.3) is 0 Å². The molecule has 2 aliphatic rings. The van der Waals surface area contributed by atoms with E-state index >= 15 is 0 Å². The number of anilines is 1. The van der Waals surface area contributed by atoms with Crippen molar-refractivity contribution in [3.8, 4) is 11.8 Å². The standard InChI is InChI=1S/C14H22N4O2/c1-19-12-8-13(20-2)17-14(16-12)18-7-5-11-10(9-18)4-3-6-15-11/h8,10-11,15H,3-7,9H2,1-2H3. The van der Waals surface area contributed by atoms with Crippen LogP contribution in [0.4, 0.5) is 5.95 Å². The molecule has 110 valence electrons. The third-order valence-corrected chi connectivity index (χ3v) is 4.26. The fraction of sp³-hybridized carbons (Fsp3) is 0.714. The van der Waals surface area contributed by atoms with Gasteiger partial charge in [0.1, 0.15) is 0 Å². The molecule has 2 unspecified atom stereocenters. The van der Waals surface area contributed by atoms with Crippen molar-refractivity contribution >= 4 is 5.95 Å². The lowest BCUT2D eigenvalue weighted by atomic mass is 9.85. The fourth-order valence-corrected chi connectivity index (χ4v) is 3.17. The average molecular weight is 278 g/mol. The SMILES string of the molecule is COc1cc(OC)nc(N2CCC3NCCCC3C2)n1. The Morgan fingerprint density at radius 1 is 1.20 bits per heavy atom. The van der Waals surface area contributed by atoms with Gasteiger partial charge >= 0.3 is 0 Å². The molecule has 0 aromatic carbocycles. The lowest BCUT2D eigenvalue weighted by Crippen LogP contribution is -2.52. The van der Waals surface area contributed by atoms with Gasteiger partial charge in [-0.2, -0.15) is 9.97 Å². The van der Waals surface area contributed by atoms with Gasteiger partial charge in [-0.05, 0) is 31.7 Å². The number of ether oxygens (including phenoxy) is 2. The van der Waals surface area contributed by atoms with Gasteiger partial charge in [-0.15, -0.1) is 0 Å². The highest BCUT2D eigenvalue weighted by molar-refractivity contribution is 5.37. The molecule has 2 saturated heterocycles. The summed E-state index contributed by atoms with van der Waals surface area (Å²) in [6.07, 6.45) is 3.69. The average Bonchev–Trinajstić information content (AvgIpc) is 2.53. The van der Waals surface area contributed by atoms with Gasteiger partial charge in [0.15, 0.2) is 0 Å². The predicted molar refractivity (Wildman–Crippen MR) is 76.5 cm³/mol. The molecule has 0 radical (unpaired) electrons. The number of rotatable bonds is 3. The van der Waals surface area contributed by atoms with Gasteiger partial charge in [-0.1, -0.05) is 0 Å². The van der Waals surface area contributed by atoms with E-state index in [0.29, 0.717) is 29.7 Å². The van der Waals surface area contributed by atoms with Gasteiger partial charge in [-0.25, -0.2) is 0 Å². The van der Waals surface area contributed by atoms with Crippen molar-refractivity contribution in [1.82, 2.24) is 15.3 Å². The summed E-state index contributed by atoms with van der Waals surface area (Å²) in [5.41, 5.74) is 0. The molecule has 0 bridgehead atoms. The zero-order chi connectivity index (χ0) is 13.9. The van der Waals surface area contributed by atoms with Crippen molar-refractivity contribution in [2.24, 2.45) is 5.92 Å². The van der Waals surface area contributed by atoms with Crippen molar-refractivity contribution in [3.05, 3.63) is 6.07 Å². The Hall–Kier alpha value is -1.56. The zero-order valence-electron chi connectivity index (χ0n) is 12.1. The molecular weight excluding hydrogens is 256 g/mol. The molecule has 0 amide bonds. The van der Waals surface area contributed by atoms with Gasteiger partial charge in [-0.3, -0.25) is 0 Å². The predicted octanol–water partition coefficient (Wildman–Crippen LogP) is 1.07. The first-order chi connectivity index (χ1) is 9.80. The number of nitrogens with one attached hydrogen (secondary N) is 1. The molecular formula is C14H22N4O2. The van der Waals surface area contributed by atoms with Crippen molar-refractivity contribution < 1.29 is 9.47 Å². The number of aromatic nitrogens is 2. The first-order valence-corrected chi connectivity index (χ1v) is 7.25. The Balaban J connectivity index is 1.78. The number of methoxy groups -OCH3 is 2. The van der Waals surface area contributed by atoms with Crippen molar-refractivity contribution in [1.29, 1.82) is 0 Å². The van der Waals surface area contributed by atoms with Crippen LogP contribution in [0.5, 0.6) is 11.8 Å². The van der Waals surface area contributed by atoms with Gasteiger partial charge in [0.2, 0.25) is 17.7 Å². The maximum atomic E-state index is 5.22. The van der Waals surface area contributed by atoms with E-state index in [4.69, 9.17) is 9.47 Å². The molecule has 0 aliphatic carbocycles. The molecule has 3 heterocycles. The van der Waals surface area contributed by atoms with E-state index in [1.54, 1.807) is 20.3 Å². The van der Waals surface area contributed by atoms with E-state index in [9.17, 15) is 0 Å². The Kier molecular flexibility index (Phi) is 3.91. The van der Waals surface area contributed by atoms with Crippen molar-refractivity contribution in [2.75, 3.05) is 38.8 Å². The quantitative estimate of drug-likeness (QED) is 0.892. The highest BCUT2D eigenvalue weighted by atomic mass is 16.5. The second-order valence-electron chi connectivity index (χ2n) is 5.45. The van der Waals surface area contributed by atoms with Crippen LogP contribution in [0.1, 0.15) is 19.3 Å². The van der Waals surface area contributed by atoms with E-state index in [-0.39, 0.29) is 0 Å². The summed E-state index contributed by atoms with van der Waals surface area (Å²) in [5.74, 6) is 2.51. The molecule has 0 spiro atoms. The molecule has 1 aromatic rings. The van der Waals surface area contributed by atoms with E-state index in [1.807, 2.05) is 0 Å². The summed E-state index contributed by atoms with van der Waals surface area (Å²) in [6.45, 7) is 3.14. The molecule has 6 heteroatoms. The van der Waals surface area contributed by atoms with Crippen LogP contribution in [0.25, 0.3) is 0 Å².